The highest BCUT2D eigenvalue weighted by atomic mass is 32.1. The van der Waals surface area contributed by atoms with Crippen molar-refractivity contribution in [2.24, 2.45) is 0 Å². The van der Waals surface area contributed by atoms with Gasteiger partial charge in [0.1, 0.15) is 0 Å². The first-order valence-electron chi connectivity index (χ1n) is 20.1. The maximum Gasteiger partial charge on any atom is 0.160 e. The molecule has 274 valence electrons. The van der Waals surface area contributed by atoms with E-state index in [4.69, 9.17) is 9.97 Å². The van der Waals surface area contributed by atoms with Gasteiger partial charge in [-0.3, -0.25) is 0 Å². The number of nitrogens with zero attached hydrogens (tertiary/aromatic N) is 2. The van der Waals surface area contributed by atoms with Crippen LogP contribution in [0, 0.1) is 0 Å². The molecule has 12 rings (SSSR count). The summed E-state index contributed by atoms with van der Waals surface area (Å²) in [4.78, 5) is 10.7. The SMILES string of the molecule is c1ccc(-c2nc(-c3ccccc3-c3cccc4c3sc3ccccc34)cc(-c3ccc(-c4c5ccccc5cc5c4ccc4ccccc45)c4ccccc34)n2)cc1. The topological polar surface area (TPSA) is 25.8 Å². The van der Waals surface area contributed by atoms with Crippen LogP contribution in [0.1, 0.15) is 0 Å². The van der Waals surface area contributed by atoms with Crippen LogP contribution in [-0.2, 0) is 0 Å². The van der Waals surface area contributed by atoms with Gasteiger partial charge in [0.25, 0.3) is 0 Å². The molecule has 0 aliphatic rings. The van der Waals surface area contributed by atoms with Crippen molar-refractivity contribution in [3.8, 4) is 56.2 Å². The van der Waals surface area contributed by atoms with Crippen molar-refractivity contribution in [1.29, 1.82) is 0 Å². The number of benzene rings is 10. The predicted octanol–water partition coefficient (Wildman–Crippen LogP) is 15.8. The molecule has 0 saturated heterocycles. The first-order valence-corrected chi connectivity index (χ1v) is 20.9. The monoisotopic (exact) mass is 766 g/mol. The third-order valence-corrected chi connectivity index (χ3v) is 13.1. The summed E-state index contributed by atoms with van der Waals surface area (Å²) in [5.74, 6) is 0.702. The molecule has 0 N–H and O–H groups in total. The van der Waals surface area contributed by atoms with E-state index in [9.17, 15) is 0 Å². The molecule has 10 aromatic carbocycles. The van der Waals surface area contributed by atoms with E-state index in [1.54, 1.807) is 0 Å². The Kier molecular flexibility index (Phi) is 7.75. The summed E-state index contributed by atoms with van der Waals surface area (Å²) < 4.78 is 2.58. The Hall–Kier alpha value is -7.46. The molecule has 0 aliphatic carbocycles. The first-order chi connectivity index (χ1) is 29.3. The Labute approximate surface area is 345 Å². The molecule has 0 atom stereocenters. The highest BCUT2D eigenvalue weighted by Crippen LogP contribution is 2.46. The largest absolute Gasteiger partial charge is 0.228 e. The fourth-order valence-electron chi connectivity index (χ4n) is 9.19. The van der Waals surface area contributed by atoms with E-state index >= 15 is 0 Å². The van der Waals surface area contributed by atoms with Crippen molar-refractivity contribution in [3.05, 3.63) is 206 Å². The molecular formula is C56H34N2S. The Morgan fingerprint density at radius 1 is 0.305 bits per heavy atom. The maximum atomic E-state index is 5.36. The van der Waals surface area contributed by atoms with E-state index in [-0.39, 0.29) is 0 Å². The van der Waals surface area contributed by atoms with Crippen LogP contribution in [0.5, 0.6) is 0 Å². The van der Waals surface area contributed by atoms with Gasteiger partial charge < -0.3 is 0 Å². The molecule has 2 nitrogen and oxygen atoms in total. The van der Waals surface area contributed by atoms with Gasteiger partial charge in [-0.15, -0.1) is 11.3 Å². The van der Waals surface area contributed by atoms with Gasteiger partial charge in [0.2, 0.25) is 0 Å². The van der Waals surface area contributed by atoms with Gasteiger partial charge in [-0.1, -0.05) is 188 Å². The van der Waals surface area contributed by atoms with Crippen molar-refractivity contribution in [3.63, 3.8) is 0 Å². The quantitative estimate of drug-likeness (QED) is 0.129. The number of hydrogen-bond acceptors (Lipinski definition) is 3. The van der Waals surface area contributed by atoms with E-state index in [0.717, 1.165) is 39.0 Å². The summed E-state index contributed by atoms with van der Waals surface area (Å²) in [6, 6.07) is 74.5. The zero-order valence-corrected chi connectivity index (χ0v) is 32.7. The third kappa shape index (κ3) is 5.47. The standard InChI is InChI=1S/C56H34N2S/c1-2-16-36(17-3-1)56-57-51(43-24-11-10-23-42(43)48-26-14-27-49-45-25-12-13-28-53(45)59-55(48)49)34-52(58-56)44-31-32-46(41-22-9-8-21-40(41)44)54-39-20-7-5-18-37(39)33-50-38-19-6-4-15-35(38)29-30-47(50)54/h1-34H. The summed E-state index contributed by atoms with van der Waals surface area (Å²) in [5.41, 5.74) is 9.75. The maximum absolute atomic E-state index is 5.36. The van der Waals surface area contributed by atoms with E-state index in [2.05, 4.69) is 200 Å². The van der Waals surface area contributed by atoms with E-state index < -0.39 is 0 Å². The van der Waals surface area contributed by atoms with Crippen LogP contribution >= 0.6 is 11.3 Å². The number of rotatable bonds is 5. The van der Waals surface area contributed by atoms with Crippen molar-refractivity contribution < 1.29 is 0 Å². The molecule has 0 radical (unpaired) electrons. The fourth-order valence-corrected chi connectivity index (χ4v) is 10.4. The van der Waals surface area contributed by atoms with Gasteiger partial charge in [-0.05, 0) is 78.0 Å². The summed E-state index contributed by atoms with van der Waals surface area (Å²) in [7, 11) is 0. The number of hydrogen-bond donors (Lipinski definition) is 0. The fraction of sp³-hybridized carbons (Fsp3) is 0. The number of fused-ring (bicyclic) bond motifs is 8. The highest BCUT2D eigenvalue weighted by molar-refractivity contribution is 7.26. The Balaban J connectivity index is 1.10. The molecule has 2 aromatic heterocycles. The van der Waals surface area contributed by atoms with Crippen LogP contribution in [0.4, 0.5) is 0 Å². The van der Waals surface area contributed by atoms with Gasteiger partial charge in [-0.25, -0.2) is 9.97 Å². The average Bonchev–Trinajstić information content (AvgIpc) is 3.70. The lowest BCUT2D eigenvalue weighted by Gasteiger charge is -2.18. The molecule has 0 bridgehead atoms. The third-order valence-electron chi connectivity index (χ3n) is 11.9. The second-order valence-corrected chi connectivity index (χ2v) is 16.3. The van der Waals surface area contributed by atoms with Crippen molar-refractivity contribution in [2.45, 2.75) is 0 Å². The van der Waals surface area contributed by atoms with Crippen LogP contribution < -0.4 is 0 Å². The summed E-state index contributed by atoms with van der Waals surface area (Å²) in [6.07, 6.45) is 0. The lowest BCUT2D eigenvalue weighted by molar-refractivity contribution is 1.19. The number of aromatic nitrogens is 2. The molecule has 3 heteroatoms. The summed E-state index contributed by atoms with van der Waals surface area (Å²) in [5, 5.41) is 12.4. The molecule has 0 saturated carbocycles. The van der Waals surface area contributed by atoms with Crippen LogP contribution in [0.3, 0.4) is 0 Å². The predicted molar refractivity (Wildman–Crippen MR) is 252 cm³/mol. The summed E-state index contributed by atoms with van der Waals surface area (Å²) in [6.45, 7) is 0. The van der Waals surface area contributed by atoms with Gasteiger partial charge in [0.05, 0.1) is 11.4 Å². The lowest BCUT2D eigenvalue weighted by Crippen LogP contribution is -1.98. The molecule has 0 fully saturated rings. The second kappa shape index (κ2) is 13.6. The molecule has 0 amide bonds. The van der Waals surface area contributed by atoms with E-state index in [1.807, 2.05) is 17.4 Å². The van der Waals surface area contributed by atoms with Gasteiger partial charge in [0, 0.05) is 42.4 Å². The average molecular weight is 767 g/mol. The molecule has 0 spiro atoms. The molecule has 2 heterocycles. The van der Waals surface area contributed by atoms with Gasteiger partial charge in [0.15, 0.2) is 5.82 Å². The van der Waals surface area contributed by atoms with Gasteiger partial charge >= 0.3 is 0 Å². The van der Waals surface area contributed by atoms with Crippen molar-refractivity contribution >= 4 is 74.6 Å². The Morgan fingerprint density at radius 3 is 1.73 bits per heavy atom. The van der Waals surface area contributed by atoms with E-state index in [1.165, 1.54) is 74.6 Å². The van der Waals surface area contributed by atoms with Crippen LogP contribution in [0.15, 0.2) is 206 Å². The Morgan fingerprint density at radius 2 is 0.898 bits per heavy atom. The molecule has 0 aliphatic heterocycles. The van der Waals surface area contributed by atoms with Crippen molar-refractivity contribution in [1.82, 2.24) is 9.97 Å². The molecule has 59 heavy (non-hydrogen) atoms. The Bertz CT molecular complexity index is 3620. The normalized spacial score (nSPS) is 11.7. The molecule has 0 unspecified atom stereocenters. The van der Waals surface area contributed by atoms with Gasteiger partial charge in [-0.2, -0.15) is 0 Å². The minimum absolute atomic E-state index is 0.702. The second-order valence-electron chi connectivity index (χ2n) is 15.2. The first kappa shape index (κ1) is 33.7. The number of thiophene rings is 1. The van der Waals surface area contributed by atoms with Crippen molar-refractivity contribution in [2.75, 3.05) is 0 Å². The van der Waals surface area contributed by atoms with Crippen LogP contribution in [0.2, 0.25) is 0 Å². The van der Waals surface area contributed by atoms with E-state index in [0.29, 0.717) is 5.82 Å². The minimum Gasteiger partial charge on any atom is -0.228 e. The highest BCUT2D eigenvalue weighted by Gasteiger charge is 2.20. The van der Waals surface area contributed by atoms with Crippen LogP contribution in [-0.4, -0.2) is 9.97 Å². The minimum atomic E-state index is 0.702. The zero-order valence-electron chi connectivity index (χ0n) is 31.9. The van der Waals surface area contributed by atoms with Crippen LogP contribution in [0.25, 0.3) is 119 Å². The zero-order chi connectivity index (χ0) is 38.9. The summed E-state index contributed by atoms with van der Waals surface area (Å²) >= 11 is 1.86. The lowest BCUT2D eigenvalue weighted by atomic mass is 9.86. The smallest absolute Gasteiger partial charge is 0.160 e. The molecular weight excluding hydrogens is 733 g/mol. The molecule has 12 aromatic rings.